The number of rotatable bonds is 4. The standard InChI is InChI=1S/C16H20FN3O2/c17-15-5-4-11(8-18)6-13(15)10-20-16(22)19-9-12-2-1-3-14(21)7-12/h4-6,12,14,21H,1-3,7,9-10H2,(H2,19,20,22). The molecule has 0 saturated heterocycles. The maximum Gasteiger partial charge on any atom is 0.315 e. The fourth-order valence-corrected chi connectivity index (χ4v) is 2.70. The van der Waals surface area contributed by atoms with Gasteiger partial charge in [0.25, 0.3) is 0 Å². The Hall–Kier alpha value is -2.13. The van der Waals surface area contributed by atoms with E-state index in [1.54, 1.807) is 0 Å². The fraction of sp³-hybridized carbons (Fsp3) is 0.500. The molecule has 0 heterocycles. The molecule has 1 saturated carbocycles. The Labute approximate surface area is 129 Å². The SMILES string of the molecule is N#Cc1ccc(F)c(CNC(=O)NCC2CCCC(O)C2)c1. The summed E-state index contributed by atoms with van der Waals surface area (Å²) in [6.45, 7) is 0.532. The average molecular weight is 305 g/mol. The van der Waals surface area contributed by atoms with Crippen LogP contribution >= 0.6 is 0 Å². The number of amides is 2. The normalized spacial score (nSPS) is 21.0. The Morgan fingerprint density at radius 3 is 2.95 bits per heavy atom. The van der Waals surface area contributed by atoms with Crippen LogP contribution in [-0.2, 0) is 6.54 Å². The van der Waals surface area contributed by atoms with E-state index in [1.165, 1.54) is 18.2 Å². The van der Waals surface area contributed by atoms with Crippen molar-refractivity contribution in [3.63, 3.8) is 0 Å². The zero-order valence-corrected chi connectivity index (χ0v) is 12.3. The summed E-state index contributed by atoms with van der Waals surface area (Å²) in [4.78, 5) is 11.7. The van der Waals surface area contributed by atoms with Crippen molar-refractivity contribution < 1.29 is 14.3 Å². The number of nitrogens with zero attached hydrogens (tertiary/aromatic N) is 1. The number of benzene rings is 1. The van der Waals surface area contributed by atoms with Crippen molar-refractivity contribution in [2.75, 3.05) is 6.54 Å². The van der Waals surface area contributed by atoms with Gasteiger partial charge in [-0.1, -0.05) is 6.42 Å². The first-order valence-electron chi connectivity index (χ1n) is 7.46. The lowest BCUT2D eigenvalue weighted by atomic mass is 9.87. The number of nitrogens with one attached hydrogen (secondary N) is 2. The van der Waals surface area contributed by atoms with Gasteiger partial charge in [-0.3, -0.25) is 0 Å². The minimum atomic E-state index is -0.449. The number of carbonyl (C=O) groups is 1. The first kappa shape index (κ1) is 16.2. The second-order valence-corrected chi connectivity index (χ2v) is 5.67. The topological polar surface area (TPSA) is 85.2 Å². The number of aliphatic hydroxyl groups is 1. The monoisotopic (exact) mass is 305 g/mol. The van der Waals surface area contributed by atoms with Crippen LogP contribution in [0, 0.1) is 23.1 Å². The second kappa shape index (κ2) is 7.76. The number of urea groups is 1. The predicted molar refractivity (Wildman–Crippen MR) is 79.3 cm³/mol. The Bertz CT molecular complexity index is 571. The molecule has 2 atom stereocenters. The molecule has 1 aliphatic rings. The third-order valence-electron chi connectivity index (χ3n) is 3.92. The number of hydrogen-bond acceptors (Lipinski definition) is 3. The molecular formula is C16H20FN3O2. The van der Waals surface area contributed by atoms with Crippen LogP contribution in [0.2, 0.25) is 0 Å². The molecular weight excluding hydrogens is 285 g/mol. The molecule has 0 aromatic heterocycles. The lowest BCUT2D eigenvalue weighted by Gasteiger charge is -2.25. The first-order chi connectivity index (χ1) is 10.6. The first-order valence-corrected chi connectivity index (χ1v) is 7.46. The highest BCUT2D eigenvalue weighted by Gasteiger charge is 2.20. The third-order valence-corrected chi connectivity index (χ3v) is 3.92. The van der Waals surface area contributed by atoms with E-state index < -0.39 is 5.82 Å². The minimum Gasteiger partial charge on any atom is -0.393 e. The van der Waals surface area contributed by atoms with Gasteiger partial charge < -0.3 is 15.7 Å². The Kier molecular flexibility index (Phi) is 5.73. The van der Waals surface area contributed by atoms with E-state index in [0.717, 1.165) is 19.3 Å². The van der Waals surface area contributed by atoms with Gasteiger partial charge >= 0.3 is 6.03 Å². The number of carbonyl (C=O) groups excluding carboxylic acids is 1. The van der Waals surface area contributed by atoms with Gasteiger partial charge in [-0.2, -0.15) is 5.26 Å². The Morgan fingerprint density at radius 2 is 2.23 bits per heavy atom. The van der Waals surface area contributed by atoms with Crippen LogP contribution in [0.4, 0.5) is 9.18 Å². The molecule has 2 unspecified atom stereocenters. The van der Waals surface area contributed by atoms with E-state index in [-0.39, 0.29) is 30.2 Å². The average Bonchev–Trinajstić information content (AvgIpc) is 2.52. The summed E-state index contributed by atoms with van der Waals surface area (Å²) >= 11 is 0. The van der Waals surface area contributed by atoms with Crippen LogP contribution in [0.15, 0.2) is 18.2 Å². The number of hydrogen-bond donors (Lipinski definition) is 3. The third kappa shape index (κ3) is 4.71. The predicted octanol–water partition coefficient (Wildman–Crippen LogP) is 2.05. The van der Waals surface area contributed by atoms with Gasteiger partial charge in [0.05, 0.1) is 17.7 Å². The molecule has 6 heteroatoms. The Morgan fingerprint density at radius 1 is 1.41 bits per heavy atom. The van der Waals surface area contributed by atoms with Gasteiger partial charge in [-0.15, -0.1) is 0 Å². The maximum atomic E-state index is 13.6. The summed E-state index contributed by atoms with van der Waals surface area (Å²) in [5.41, 5.74) is 0.636. The van der Waals surface area contributed by atoms with Gasteiger partial charge in [0, 0.05) is 18.7 Å². The number of nitriles is 1. The molecule has 22 heavy (non-hydrogen) atoms. The maximum absolute atomic E-state index is 13.6. The summed E-state index contributed by atoms with van der Waals surface area (Å²) in [5.74, 6) is -0.164. The molecule has 1 aromatic rings. The van der Waals surface area contributed by atoms with Crippen molar-refractivity contribution in [2.24, 2.45) is 5.92 Å². The number of aliphatic hydroxyl groups excluding tert-OH is 1. The largest absolute Gasteiger partial charge is 0.393 e. The fourth-order valence-electron chi connectivity index (χ4n) is 2.70. The van der Waals surface area contributed by atoms with Gasteiger partial charge in [0.1, 0.15) is 5.82 Å². The van der Waals surface area contributed by atoms with Crippen molar-refractivity contribution in [3.8, 4) is 6.07 Å². The van der Waals surface area contributed by atoms with Crippen LogP contribution in [0.25, 0.3) is 0 Å². The molecule has 118 valence electrons. The van der Waals surface area contributed by atoms with Crippen LogP contribution in [-0.4, -0.2) is 23.8 Å². The molecule has 0 bridgehead atoms. The quantitative estimate of drug-likeness (QED) is 0.796. The molecule has 2 amide bonds. The molecule has 1 fully saturated rings. The van der Waals surface area contributed by atoms with Crippen molar-refractivity contribution in [1.29, 1.82) is 5.26 Å². The summed E-state index contributed by atoms with van der Waals surface area (Å²) in [6, 6.07) is 5.60. The summed E-state index contributed by atoms with van der Waals surface area (Å²) in [5, 5.41) is 23.7. The van der Waals surface area contributed by atoms with Crippen LogP contribution < -0.4 is 10.6 Å². The zero-order valence-electron chi connectivity index (χ0n) is 12.3. The highest BCUT2D eigenvalue weighted by Crippen LogP contribution is 2.23. The minimum absolute atomic E-state index is 0.0283. The van der Waals surface area contributed by atoms with Crippen LogP contribution in [0.1, 0.15) is 36.8 Å². The lowest BCUT2D eigenvalue weighted by Crippen LogP contribution is -2.39. The van der Waals surface area contributed by atoms with Crippen LogP contribution in [0.5, 0.6) is 0 Å². The van der Waals surface area contributed by atoms with E-state index in [2.05, 4.69) is 10.6 Å². The molecule has 5 nitrogen and oxygen atoms in total. The van der Waals surface area contributed by atoms with E-state index in [1.807, 2.05) is 6.07 Å². The van der Waals surface area contributed by atoms with Gasteiger partial charge in [-0.25, -0.2) is 9.18 Å². The number of halogens is 1. The van der Waals surface area contributed by atoms with E-state index in [0.29, 0.717) is 18.5 Å². The van der Waals surface area contributed by atoms with E-state index in [4.69, 9.17) is 5.26 Å². The van der Waals surface area contributed by atoms with Crippen molar-refractivity contribution >= 4 is 6.03 Å². The highest BCUT2D eigenvalue weighted by atomic mass is 19.1. The molecule has 2 rings (SSSR count). The lowest BCUT2D eigenvalue weighted by molar-refractivity contribution is 0.101. The van der Waals surface area contributed by atoms with Crippen LogP contribution in [0.3, 0.4) is 0 Å². The van der Waals surface area contributed by atoms with E-state index >= 15 is 0 Å². The van der Waals surface area contributed by atoms with E-state index in [9.17, 15) is 14.3 Å². The molecule has 0 spiro atoms. The summed E-state index contributed by atoms with van der Waals surface area (Å²) in [6.07, 6.45) is 3.24. The molecule has 3 N–H and O–H groups in total. The Balaban J connectivity index is 1.77. The van der Waals surface area contributed by atoms with Gasteiger partial charge in [0.2, 0.25) is 0 Å². The zero-order chi connectivity index (χ0) is 15.9. The summed E-state index contributed by atoms with van der Waals surface area (Å²) < 4.78 is 13.6. The van der Waals surface area contributed by atoms with Gasteiger partial charge in [-0.05, 0) is 43.4 Å². The van der Waals surface area contributed by atoms with Crippen molar-refractivity contribution in [1.82, 2.24) is 10.6 Å². The molecule has 0 aliphatic heterocycles. The molecule has 1 aliphatic carbocycles. The molecule has 1 aromatic carbocycles. The second-order valence-electron chi connectivity index (χ2n) is 5.67. The highest BCUT2D eigenvalue weighted by molar-refractivity contribution is 5.73. The van der Waals surface area contributed by atoms with Gasteiger partial charge in [0.15, 0.2) is 0 Å². The summed E-state index contributed by atoms with van der Waals surface area (Å²) in [7, 11) is 0. The van der Waals surface area contributed by atoms with Crippen molar-refractivity contribution in [2.45, 2.75) is 38.3 Å². The van der Waals surface area contributed by atoms with Crippen molar-refractivity contribution in [3.05, 3.63) is 35.1 Å². The molecule has 0 radical (unpaired) electrons. The smallest absolute Gasteiger partial charge is 0.315 e.